The van der Waals surface area contributed by atoms with Crippen molar-refractivity contribution in [2.75, 3.05) is 19.6 Å². The third-order valence-electron chi connectivity index (χ3n) is 3.10. The second-order valence-electron chi connectivity index (χ2n) is 4.61. The number of phenols is 1. The smallest absolute Gasteiger partial charge is 0.176 e. The van der Waals surface area contributed by atoms with Crippen LogP contribution in [0.25, 0.3) is 0 Å². The van der Waals surface area contributed by atoms with E-state index in [2.05, 4.69) is 4.90 Å². The van der Waals surface area contributed by atoms with Crippen LogP contribution in [0.1, 0.15) is 23.2 Å². The molecular formula is C13H18N2O2. The van der Waals surface area contributed by atoms with Crippen LogP contribution in [-0.2, 0) is 0 Å². The molecule has 92 valence electrons. The Bertz CT molecular complexity index is 389. The van der Waals surface area contributed by atoms with E-state index in [1.165, 1.54) is 12.1 Å². The molecule has 1 heterocycles. The summed E-state index contributed by atoms with van der Waals surface area (Å²) in [6.45, 7) is 2.15. The van der Waals surface area contributed by atoms with E-state index in [0.29, 0.717) is 12.1 Å². The molecule has 1 aliphatic rings. The Hall–Kier alpha value is -1.39. The molecule has 0 saturated carbocycles. The zero-order chi connectivity index (χ0) is 12.3. The van der Waals surface area contributed by atoms with Crippen molar-refractivity contribution in [3.8, 4) is 5.75 Å². The first-order valence-corrected chi connectivity index (χ1v) is 5.95. The lowest BCUT2D eigenvalue weighted by molar-refractivity contribution is 0.0908. The quantitative estimate of drug-likeness (QED) is 0.766. The van der Waals surface area contributed by atoms with Gasteiger partial charge in [0.05, 0.1) is 6.54 Å². The van der Waals surface area contributed by atoms with Crippen molar-refractivity contribution in [2.24, 2.45) is 5.73 Å². The van der Waals surface area contributed by atoms with Crippen LogP contribution in [0.4, 0.5) is 0 Å². The van der Waals surface area contributed by atoms with Crippen LogP contribution >= 0.6 is 0 Å². The molecule has 0 amide bonds. The van der Waals surface area contributed by atoms with E-state index in [1.54, 1.807) is 12.1 Å². The van der Waals surface area contributed by atoms with E-state index in [1.807, 2.05) is 0 Å². The van der Waals surface area contributed by atoms with Gasteiger partial charge < -0.3 is 10.8 Å². The lowest BCUT2D eigenvalue weighted by Crippen LogP contribution is -2.44. The summed E-state index contributed by atoms with van der Waals surface area (Å²) in [5.74, 6) is 0.264. The standard InChI is InChI=1S/C13H18N2O2/c14-11-2-1-7-15(8-11)9-13(17)10-3-5-12(16)6-4-10/h3-6,11,16H,1-2,7-9,14H2. The van der Waals surface area contributed by atoms with Gasteiger partial charge in [-0.25, -0.2) is 0 Å². The number of phenolic OH excluding ortho intramolecular Hbond substituents is 1. The summed E-state index contributed by atoms with van der Waals surface area (Å²) in [6.07, 6.45) is 2.11. The van der Waals surface area contributed by atoms with Crippen molar-refractivity contribution in [3.05, 3.63) is 29.8 Å². The largest absolute Gasteiger partial charge is 0.508 e. The van der Waals surface area contributed by atoms with Gasteiger partial charge in [0.2, 0.25) is 0 Å². The molecule has 1 fully saturated rings. The summed E-state index contributed by atoms with van der Waals surface area (Å²) < 4.78 is 0. The molecule has 2 rings (SSSR count). The third-order valence-corrected chi connectivity index (χ3v) is 3.10. The number of carbonyl (C=O) groups excluding carboxylic acids is 1. The molecule has 0 aliphatic carbocycles. The zero-order valence-corrected chi connectivity index (χ0v) is 9.80. The zero-order valence-electron chi connectivity index (χ0n) is 9.80. The number of ketones is 1. The Morgan fingerprint density at radius 2 is 2.12 bits per heavy atom. The maximum absolute atomic E-state index is 12.0. The molecule has 3 N–H and O–H groups in total. The first kappa shape index (κ1) is 12.1. The summed E-state index contributed by atoms with van der Waals surface area (Å²) >= 11 is 0. The number of likely N-dealkylation sites (tertiary alicyclic amines) is 1. The highest BCUT2D eigenvalue weighted by Gasteiger charge is 2.19. The Morgan fingerprint density at radius 3 is 2.76 bits per heavy atom. The highest BCUT2D eigenvalue weighted by molar-refractivity contribution is 5.97. The van der Waals surface area contributed by atoms with Gasteiger partial charge in [-0.2, -0.15) is 0 Å². The van der Waals surface area contributed by atoms with Crippen LogP contribution in [0.3, 0.4) is 0 Å². The Morgan fingerprint density at radius 1 is 1.41 bits per heavy atom. The van der Waals surface area contributed by atoms with E-state index in [0.717, 1.165) is 25.9 Å². The summed E-state index contributed by atoms with van der Waals surface area (Å²) in [5.41, 5.74) is 6.51. The van der Waals surface area contributed by atoms with E-state index in [-0.39, 0.29) is 17.6 Å². The second kappa shape index (κ2) is 5.29. The van der Waals surface area contributed by atoms with Gasteiger partial charge >= 0.3 is 0 Å². The van der Waals surface area contributed by atoms with Crippen LogP contribution in [0.5, 0.6) is 5.75 Å². The van der Waals surface area contributed by atoms with Crippen molar-refractivity contribution in [2.45, 2.75) is 18.9 Å². The summed E-state index contributed by atoms with van der Waals surface area (Å²) in [5, 5.41) is 9.16. The van der Waals surface area contributed by atoms with E-state index in [4.69, 9.17) is 10.8 Å². The first-order valence-electron chi connectivity index (χ1n) is 5.95. The number of piperidine rings is 1. The number of hydrogen-bond donors (Lipinski definition) is 2. The predicted octanol–water partition coefficient (Wildman–Crippen LogP) is 0.998. The molecule has 0 bridgehead atoms. The van der Waals surface area contributed by atoms with Crippen LogP contribution < -0.4 is 5.73 Å². The highest BCUT2D eigenvalue weighted by Crippen LogP contribution is 2.12. The monoisotopic (exact) mass is 234 g/mol. The van der Waals surface area contributed by atoms with Crippen LogP contribution in [0.15, 0.2) is 24.3 Å². The minimum atomic E-state index is 0.0825. The number of carbonyl (C=O) groups is 1. The summed E-state index contributed by atoms with van der Waals surface area (Å²) in [7, 11) is 0. The molecule has 4 nitrogen and oxygen atoms in total. The summed E-state index contributed by atoms with van der Waals surface area (Å²) in [4.78, 5) is 14.1. The molecule has 1 unspecified atom stereocenters. The molecular weight excluding hydrogens is 216 g/mol. The van der Waals surface area contributed by atoms with Gasteiger partial charge in [0.1, 0.15) is 5.75 Å². The minimum absolute atomic E-state index is 0.0825. The molecule has 0 aromatic heterocycles. The average Bonchev–Trinajstić information content (AvgIpc) is 2.29. The van der Waals surface area contributed by atoms with Crippen molar-refractivity contribution < 1.29 is 9.90 Å². The number of rotatable bonds is 3. The minimum Gasteiger partial charge on any atom is -0.508 e. The molecule has 1 aromatic carbocycles. The molecule has 1 aromatic rings. The van der Waals surface area contributed by atoms with Gasteiger partial charge in [-0.15, -0.1) is 0 Å². The second-order valence-corrected chi connectivity index (χ2v) is 4.61. The maximum Gasteiger partial charge on any atom is 0.176 e. The number of benzene rings is 1. The van der Waals surface area contributed by atoms with Gasteiger partial charge in [-0.3, -0.25) is 9.69 Å². The highest BCUT2D eigenvalue weighted by atomic mass is 16.3. The molecule has 0 radical (unpaired) electrons. The van der Waals surface area contributed by atoms with Crippen LogP contribution in [-0.4, -0.2) is 41.5 Å². The number of aromatic hydroxyl groups is 1. The number of nitrogens with two attached hydrogens (primary N) is 1. The maximum atomic E-state index is 12.0. The Kier molecular flexibility index (Phi) is 3.76. The van der Waals surface area contributed by atoms with Crippen molar-refractivity contribution >= 4 is 5.78 Å². The van der Waals surface area contributed by atoms with Crippen LogP contribution in [0.2, 0.25) is 0 Å². The number of Topliss-reactive ketones (excluding diaryl/α,β-unsaturated/α-hetero) is 1. The topological polar surface area (TPSA) is 66.6 Å². The normalized spacial score (nSPS) is 21.4. The molecule has 0 spiro atoms. The average molecular weight is 234 g/mol. The molecule has 4 heteroatoms. The SMILES string of the molecule is NC1CCCN(CC(=O)c2ccc(O)cc2)C1. The van der Waals surface area contributed by atoms with Gasteiger partial charge in [0.25, 0.3) is 0 Å². The lowest BCUT2D eigenvalue weighted by Gasteiger charge is -2.29. The number of hydrogen-bond acceptors (Lipinski definition) is 4. The van der Waals surface area contributed by atoms with E-state index < -0.39 is 0 Å². The van der Waals surface area contributed by atoms with Gasteiger partial charge in [-0.1, -0.05) is 0 Å². The third kappa shape index (κ3) is 3.28. The Balaban J connectivity index is 1.94. The van der Waals surface area contributed by atoms with Crippen LogP contribution in [0, 0.1) is 0 Å². The van der Waals surface area contributed by atoms with Gasteiger partial charge in [0.15, 0.2) is 5.78 Å². The molecule has 1 aliphatic heterocycles. The molecule has 17 heavy (non-hydrogen) atoms. The van der Waals surface area contributed by atoms with E-state index in [9.17, 15) is 4.79 Å². The fraction of sp³-hybridized carbons (Fsp3) is 0.462. The fourth-order valence-corrected chi connectivity index (χ4v) is 2.18. The molecule has 1 saturated heterocycles. The fourth-order valence-electron chi connectivity index (χ4n) is 2.18. The van der Waals surface area contributed by atoms with Crippen molar-refractivity contribution in [1.82, 2.24) is 4.90 Å². The van der Waals surface area contributed by atoms with Crippen molar-refractivity contribution in [3.63, 3.8) is 0 Å². The van der Waals surface area contributed by atoms with Gasteiger partial charge in [-0.05, 0) is 43.7 Å². The summed E-state index contributed by atoms with van der Waals surface area (Å²) in [6, 6.07) is 6.57. The molecule has 1 atom stereocenters. The number of nitrogens with zero attached hydrogens (tertiary/aromatic N) is 1. The Labute approximate surface area is 101 Å². The lowest BCUT2D eigenvalue weighted by atomic mass is 10.0. The predicted molar refractivity (Wildman–Crippen MR) is 66.1 cm³/mol. The van der Waals surface area contributed by atoms with Crippen molar-refractivity contribution in [1.29, 1.82) is 0 Å². The first-order chi connectivity index (χ1) is 8.15. The van der Waals surface area contributed by atoms with E-state index >= 15 is 0 Å². The van der Waals surface area contributed by atoms with Gasteiger partial charge in [0, 0.05) is 18.2 Å².